The van der Waals surface area contributed by atoms with Crippen molar-refractivity contribution in [2.75, 3.05) is 32.7 Å². The maximum absolute atomic E-state index is 13.0. The van der Waals surface area contributed by atoms with Crippen LogP contribution >= 0.6 is 0 Å². The van der Waals surface area contributed by atoms with Crippen LogP contribution in [0.2, 0.25) is 0 Å². The van der Waals surface area contributed by atoms with Crippen molar-refractivity contribution in [3.63, 3.8) is 0 Å². The number of piperazine rings is 1. The number of rotatable bonds is 4. The van der Waals surface area contributed by atoms with E-state index >= 15 is 0 Å². The average Bonchev–Trinajstić information content (AvgIpc) is 2.95. The van der Waals surface area contributed by atoms with Gasteiger partial charge < -0.3 is 20.4 Å². The van der Waals surface area contributed by atoms with Gasteiger partial charge in [-0.1, -0.05) is 12.1 Å². The largest absolute Gasteiger partial charge is 0.338 e. The Morgan fingerprint density at radius 1 is 1.36 bits per heavy atom. The predicted octanol–water partition coefficient (Wildman–Crippen LogP) is 1.18. The van der Waals surface area contributed by atoms with Crippen LogP contribution in [0.1, 0.15) is 18.9 Å². The third kappa shape index (κ3) is 4.48. The van der Waals surface area contributed by atoms with Crippen LogP contribution in [0.3, 0.4) is 0 Å². The van der Waals surface area contributed by atoms with E-state index in [0.29, 0.717) is 32.6 Å². The molecule has 0 bridgehead atoms. The van der Waals surface area contributed by atoms with E-state index in [4.69, 9.17) is 0 Å². The van der Waals surface area contributed by atoms with Gasteiger partial charge in [0.2, 0.25) is 5.91 Å². The third-order valence-electron chi connectivity index (χ3n) is 4.89. The van der Waals surface area contributed by atoms with E-state index in [0.717, 1.165) is 18.7 Å². The summed E-state index contributed by atoms with van der Waals surface area (Å²) in [7, 11) is 0. The SMILES string of the molecule is CC1CNCCN1C(=O)NCC1CC(=O)N(Cc2ccc(F)cc2)C1. The molecule has 2 N–H and O–H groups in total. The molecule has 2 atom stereocenters. The number of nitrogens with one attached hydrogen (secondary N) is 2. The summed E-state index contributed by atoms with van der Waals surface area (Å²) >= 11 is 0. The van der Waals surface area contributed by atoms with E-state index in [1.807, 2.05) is 11.8 Å². The summed E-state index contributed by atoms with van der Waals surface area (Å²) in [5.74, 6) is -0.0755. The molecule has 2 aliphatic rings. The Morgan fingerprint density at radius 3 is 2.84 bits per heavy atom. The van der Waals surface area contributed by atoms with Crippen LogP contribution in [-0.4, -0.2) is 60.5 Å². The highest BCUT2D eigenvalue weighted by Gasteiger charge is 2.30. The van der Waals surface area contributed by atoms with Gasteiger partial charge in [-0.2, -0.15) is 0 Å². The number of hydrogen-bond acceptors (Lipinski definition) is 3. The van der Waals surface area contributed by atoms with Gasteiger partial charge in [-0.05, 0) is 24.6 Å². The van der Waals surface area contributed by atoms with Crippen molar-refractivity contribution in [3.05, 3.63) is 35.6 Å². The fourth-order valence-electron chi connectivity index (χ4n) is 3.43. The second kappa shape index (κ2) is 7.82. The number of amides is 3. The molecule has 0 aromatic heterocycles. The molecule has 2 fully saturated rings. The molecule has 3 amide bonds. The molecule has 0 saturated carbocycles. The van der Waals surface area contributed by atoms with Gasteiger partial charge in [-0.3, -0.25) is 4.79 Å². The zero-order chi connectivity index (χ0) is 17.8. The number of nitrogens with zero attached hydrogens (tertiary/aromatic N) is 2. The van der Waals surface area contributed by atoms with Crippen molar-refractivity contribution in [1.82, 2.24) is 20.4 Å². The number of carbonyl (C=O) groups is 2. The first kappa shape index (κ1) is 17.7. The summed E-state index contributed by atoms with van der Waals surface area (Å²) in [5, 5.41) is 6.23. The topological polar surface area (TPSA) is 64.7 Å². The molecular weight excluding hydrogens is 323 g/mol. The Hall–Kier alpha value is -2.15. The van der Waals surface area contributed by atoms with E-state index < -0.39 is 0 Å². The lowest BCUT2D eigenvalue weighted by Crippen LogP contribution is -2.55. The minimum atomic E-state index is -0.278. The fourth-order valence-corrected chi connectivity index (χ4v) is 3.43. The van der Waals surface area contributed by atoms with E-state index in [-0.39, 0.29) is 29.7 Å². The maximum Gasteiger partial charge on any atom is 0.317 e. The second-order valence-corrected chi connectivity index (χ2v) is 6.90. The molecule has 7 heteroatoms. The van der Waals surface area contributed by atoms with Gasteiger partial charge in [-0.25, -0.2) is 9.18 Å². The summed E-state index contributed by atoms with van der Waals surface area (Å²) < 4.78 is 13.0. The van der Waals surface area contributed by atoms with Crippen molar-refractivity contribution < 1.29 is 14.0 Å². The molecule has 1 aromatic carbocycles. The number of carbonyl (C=O) groups excluding carboxylic acids is 2. The third-order valence-corrected chi connectivity index (χ3v) is 4.89. The normalized spacial score (nSPS) is 23.8. The van der Waals surface area contributed by atoms with Crippen LogP contribution < -0.4 is 10.6 Å². The Labute approximate surface area is 147 Å². The molecule has 3 rings (SSSR count). The lowest BCUT2D eigenvalue weighted by Gasteiger charge is -2.34. The van der Waals surface area contributed by atoms with Crippen LogP contribution in [0.25, 0.3) is 0 Å². The van der Waals surface area contributed by atoms with Gasteiger partial charge in [-0.15, -0.1) is 0 Å². The Bertz CT molecular complexity index is 622. The molecular formula is C18H25FN4O2. The van der Waals surface area contributed by atoms with E-state index in [2.05, 4.69) is 10.6 Å². The summed E-state index contributed by atoms with van der Waals surface area (Å²) in [5.41, 5.74) is 0.911. The smallest absolute Gasteiger partial charge is 0.317 e. The van der Waals surface area contributed by atoms with E-state index in [1.54, 1.807) is 17.0 Å². The van der Waals surface area contributed by atoms with Crippen molar-refractivity contribution in [2.24, 2.45) is 5.92 Å². The van der Waals surface area contributed by atoms with Crippen molar-refractivity contribution in [3.8, 4) is 0 Å². The maximum atomic E-state index is 13.0. The first-order valence-corrected chi connectivity index (χ1v) is 8.80. The highest BCUT2D eigenvalue weighted by atomic mass is 19.1. The number of hydrogen-bond donors (Lipinski definition) is 2. The highest BCUT2D eigenvalue weighted by Crippen LogP contribution is 2.20. The van der Waals surface area contributed by atoms with Crippen LogP contribution in [-0.2, 0) is 11.3 Å². The molecule has 25 heavy (non-hydrogen) atoms. The highest BCUT2D eigenvalue weighted by molar-refractivity contribution is 5.79. The zero-order valence-electron chi connectivity index (χ0n) is 14.5. The number of likely N-dealkylation sites (tertiary alicyclic amines) is 1. The van der Waals surface area contributed by atoms with Crippen LogP contribution in [0, 0.1) is 11.7 Å². The summed E-state index contributed by atoms with van der Waals surface area (Å²) in [4.78, 5) is 28.1. The number of urea groups is 1. The Balaban J connectivity index is 1.47. The summed E-state index contributed by atoms with van der Waals surface area (Å²) in [6, 6.07) is 6.32. The summed E-state index contributed by atoms with van der Waals surface area (Å²) in [6.07, 6.45) is 0.443. The van der Waals surface area contributed by atoms with Gasteiger partial charge in [0, 0.05) is 57.6 Å². The fraction of sp³-hybridized carbons (Fsp3) is 0.556. The van der Waals surface area contributed by atoms with Gasteiger partial charge in [0.05, 0.1) is 0 Å². The Morgan fingerprint density at radius 2 is 2.12 bits per heavy atom. The van der Waals surface area contributed by atoms with Gasteiger partial charge >= 0.3 is 6.03 Å². The number of halogens is 1. The zero-order valence-corrected chi connectivity index (χ0v) is 14.5. The van der Waals surface area contributed by atoms with Crippen molar-refractivity contribution in [1.29, 1.82) is 0 Å². The standard InChI is InChI=1S/C18H25FN4O2/c1-13-9-20-6-7-23(13)18(25)21-10-15-8-17(24)22(12-15)11-14-2-4-16(19)5-3-14/h2-5,13,15,20H,6-12H2,1H3,(H,21,25). The second-order valence-electron chi connectivity index (χ2n) is 6.90. The first-order valence-electron chi connectivity index (χ1n) is 8.80. The number of benzene rings is 1. The lowest BCUT2D eigenvalue weighted by molar-refractivity contribution is -0.128. The average molecular weight is 348 g/mol. The van der Waals surface area contributed by atoms with Gasteiger partial charge in [0.1, 0.15) is 5.82 Å². The quantitative estimate of drug-likeness (QED) is 0.859. The predicted molar refractivity (Wildman–Crippen MR) is 92.4 cm³/mol. The molecule has 1 aromatic rings. The molecule has 2 aliphatic heterocycles. The minimum Gasteiger partial charge on any atom is -0.338 e. The molecule has 2 unspecified atom stereocenters. The Kier molecular flexibility index (Phi) is 5.53. The molecule has 2 heterocycles. The molecule has 0 aliphatic carbocycles. The van der Waals surface area contributed by atoms with Crippen LogP contribution in [0.5, 0.6) is 0 Å². The van der Waals surface area contributed by atoms with Crippen molar-refractivity contribution >= 4 is 11.9 Å². The van der Waals surface area contributed by atoms with E-state index in [9.17, 15) is 14.0 Å². The molecule has 0 radical (unpaired) electrons. The van der Waals surface area contributed by atoms with Crippen LogP contribution in [0.4, 0.5) is 9.18 Å². The monoisotopic (exact) mass is 348 g/mol. The van der Waals surface area contributed by atoms with Crippen molar-refractivity contribution in [2.45, 2.75) is 25.9 Å². The van der Waals surface area contributed by atoms with Crippen LogP contribution in [0.15, 0.2) is 24.3 Å². The molecule has 0 spiro atoms. The van der Waals surface area contributed by atoms with Gasteiger partial charge in [0.15, 0.2) is 0 Å². The van der Waals surface area contributed by atoms with Gasteiger partial charge in [0.25, 0.3) is 0 Å². The lowest BCUT2D eigenvalue weighted by atomic mass is 10.1. The molecule has 2 saturated heterocycles. The molecule has 6 nitrogen and oxygen atoms in total. The first-order chi connectivity index (χ1) is 12.0. The minimum absolute atomic E-state index is 0.0570. The summed E-state index contributed by atoms with van der Waals surface area (Å²) in [6.45, 7) is 5.95. The molecule has 136 valence electrons. The van der Waals surface area contributed by atoms with E-state index in [1.165, 1.54) is 12.1 Å².